The zero-order valence-electron chi connectivity index (χ0n) is 9.25. The lowest BCUT2D eigenvalue weighted by atomic mass is 9.90. The second kappa shape index (κ2) is 4.56. The molecule has 0 aromatic carbocycles. The zero-order valence-corrected chi connectivity index (χ0v) is 9.25. The molecule has 0 aliphatic rings. The van der Waals surface area contributed by atoms with Gasteiger partial charge in [0, 0.05) is 5.69 Å². The molecule has 0 saturated carbocycles. The van der Waals surface area contributed by atoms with E-state index in [-0.39, 0.29) is 6.61 Å². The van der Waals surface area contributed by atoms with Gasteiger partial charge in [0.1, 0.15) is 0 Å². The van der Waals surface area contributed by atoms with Gasteiger partial charge in [-0.3, -0.25) is 4.98 Å². The fourth-order valence-corrected chi connectivity index (χ4v) is 1.26. The molecular weight excluding hydrogens is 174 g/mol. The Bertz CT molecular complexity index is 289. The molecule has 1 N–H and O–H groups in total. The molecule has 0 atom stereocenters. The molecule has 0 amide bonds. The molecule has 0 unspecified atom stereocenters. The van der Waals surface area contributed by atoms with E-state index < -0.39 is 0 Å². The summed E-state index contributed by atoms with van der Waals surface area (Å²) in [5, 5.41) is 8.93. The van der Waals surface area contributed by atoms with E-state index in [4.69, 9.17) is 5.11 Å². The second-order valence-electron chi connectivity index (χ2n) is 4.84. The van der Waals surface area contributed by atoms with Crippen LogP contribution in [0.4, 0.5) is 0 Å². The van der Waals surface area contributed by atoms with Crippen LogP contribution in [-0.2, 0) is 13.0 Å². The maximum absolute atomic E-state index is 8.93. The monoisotopic (exact) mass is 193 g/mol. The Balaban J connectivity index is 2.59. The first-order chi connectivity index (χ1) is 6.51. The lowest BCUT2D eigenvalue weighted by molar-refractivity contribution is 0.276. The standard InChI is InChI=1S/C12H19NO/c1-12(2,3)8-7-10-5-4-6-11(9-14)13-10/h4-6,14H,7-9H2,1-3H3. The van der Waals surface area contributed by atoms with Crippen molar-refractivity contribution in [3.8, 4) is 0 Å². The van der Waals surface area contributed by atoms with Crippen LogP contribution >= 0.6 is 0 Å². The van der Waals surface area contributed by atoms with Crippen LogP contribution in [0, 0.1) is 5.41 Å². The van der Waals surface area contributed by atoms with Gasteiger partial charge < -0.3 is 5.11 Å². The van der Waals surface area contributed by atoms with E-state index in [1.165, 1.54) is 0 Å². The Morgan fingerprint density at radius 2 is 1.86 bits per heavy atom. The lowest BCUT2D eigenvalue weighted by Gasteiger charge is -2.17. The lowest BCUT2D eigenvalue weighted by Crippen LogP contribution is -2.07. The van der Waals surface area contributed by atoms with Gasteiger partial charge in [-0.1, -0.05) is 26.8 Å². The Morgan fingerprint density at radius 1 is 1.21 bits per heavy atom. The molecule has 14 heavy (non-hydrogen) atoms. The molecule has 78 valence electrons. The minimum Gasteiger partial charge on any atom is -0.390 e. The predicted octanol–water partition coefficient (Wildman–Crippen LogP) is 2.55. The Labute approximate surface area is 86.0 Å². The van der Waals surface area contributed by atoms with Crippen LogP contribution in [0.1, 0.15) is 38.6 Å². The first-order valence-electron chi connectivity index (χ1n) is 5.07. The molecule has 0 bridgehead atoms. The summed E-state index contributed by atoms with van der Waals surface area (Å²) in [6, 6.07) is 5.82. The number of nitrogens with zero attached hydrogens (tertiary/aromatic N) is 1. The summed E-state index contributed by atoms with van der Waals surface area (Å²) in [6.45, 7) is 6.71. The summed E-state index contributed by atoms with van der Waals surface area (Å²) in [5.74, 6) is 0. The number of aromatic nitrogens is 1. The van der Waals surface area contributed by atoms with Crippen LogP contribution in [0.5, 0.6) is 0 Å². The van der Waals surface area contributed by atoms with Gasteiger partial charge in [0.2, 0.25) is 0 Å². The molecule has 1 aromatic heterocycles. The summed E-state index contributed by atoms with van der Waals surface area (Å²) in [4.78, 5) is 4.34. The van der Waals surface area contributed by atoms with Gasteiger partial charge in [-0.05, 0) is 30.4 Å². The summed E-state index contributed by atoms with van der Waals surface area (Å²) in [5.41, 5.74) is 2.18. The first kappa shape index (κ1) is 11.2. The van der Waals surface area contributed by atoms with E-state index >= 15 is 0 Å². The zero-order chi connectivity index (χ0) is 10.6. The molecule has 0 radical (unpaired) electrons. The summed E-state index contributed by atoms with van der Waals surface area (Å²) in [6.07, 6.45) is 2.10. The van der Waals surface area contributed by atoms with Crippen molar-refractivity contribution < 1.29 is 5.11 Å². The molecule has 0 spiro atoms. The van der Waals surface area contributed by atoms with Crippen LogP contribution in [0.2, 0.25) is 0 Å². The van der Waals surface area contributed by atoms with Gasteiger partial charge in [0.15, 0.2) is 0 Å². The minimum absolute atomic E-state index is 0.0311. The molecular formula is C12H19NO. The van der Waals surface area contributed by atoms with Gasteiger partial charge in [0.05, 0.1) is 12.3 Å². The van der Waals surface area contributed by atoms with Crippen LogP contribution in [0.25, 0.3) is 0 Å². The number of pyridine rings is 1. The normalized spacial score (nSPS) is 11.7. The van der Waals surface area contributed by atoms with E-state index in [0.717, 1.165) is 24.2 Å². The minimum atomic E-state index is 0.0311. The number of aryl methyl sites for hydroxylation is 1. The SMILES string of the molecule is CC(C)(C)CCc1cccc(CO)n1. The van der Waals surface area contributed by atoms with E-state index in [1.54, 1.807) is 0 Å². The fraction of sp³-hybridized carbons (Fsp3) is 0.583. The van der Waals surface area contributed by atoms with Crippen LogP contribution in [0.3, 0.4) is 0 Å². The fourth-order valence-electron chi connectivity index (χ4n) is 1.26. The highest BCUT2D eigenvalue weighted by Crippen LogP contribution is 2.20. The number of hydrogen-bond donors (Lipinski definition) is 1. The Kier molecular flexibility index (Phi) is 3.64. The second-order valence-corrected chi connectivity index (χ2v) is 4.84. The third kappa shape index (κ3) is 3.88. The number of aliphatic hydroxyl groups excluding tert-OH is 1. The number of rotatable bonds is 3. The average molecular weight is 193 g/mol. The third-order valence-electron chi connectivity index (χ3n) is 2.16. The van der Waals surface area contributed by atoms with E-state index in [0.29, 0.717) is 5.41 Å². The van der Waals surface area contributed by atoms with Crippen molar-refractivity contribution in [2.75, 3.05) is 0 Å². The van der Waals surface area contributed by atoms with E-state index in [1.807, 2.05) is 18.2 Å². The van der Waals surface area contributed by atoms with Crippen LogP contribution in [-0.4, -0.2) is 10.1 Å². The molecule has 2 heteroatoms. The number of hydrogen-bond acceptors (Lipinski definition) is 2. The van der Waals surface area contributed by atoms with Crippen molar-refractivity contribution in [1.82, 2.24) is 4.98 Å². The van der Waals surface area contributed by atoms with Gasteiger partial charge in [-0.2, -0.15) is 0 Å². The maximum atomic E-state index is 8.93. The van der Waals surface area contributed by atoms with Crippen molar-refractivity contribution in [1.29, 1.82) is 0 Å². The average Bonchev–Trinajstić information content (AvgIpc) is 2.14. The third-order valence-corrected chi connectivity index (χ3v) is 2.16. The van der Waals surface area contributed by atoms with Crippen LogP contribution in [0.15, 0.2) is 18.2 Å². The quantitative estimate of drug-likeness (QED) is 0.800. The molecule has 0 saturated heterocycles. The molecule has 0 aliphatic carbocycles. The van der Waals surface area contributed by atoms with Crippen molar-refractivity contribution >= 4 is 0 Å². The van der Waals surface area contributed by atoms with Crippen molar-refractivity contribution in [3.05, 3.63) is 29.6 Å². The molecule has 0 fully saturated rings. The van der Waals surface area contributed by atoms with Gasteiger partial charge >= 0.3 is 0 Å². The molecule has 1 aromatic rings. The highest BCUT2D eigenvalue weighted by molar-refractivity contribution is 5.10. The Hall–Kier alpha value is -0.890. The molecule has 2 nitrogen and oxygen atoms in total. The highest BCUT2D eigenvalue weighted by atomic mass is 16.3. The molecule has 0 aliphatic heterocycles. The topological polar surface area (TPSA) is 33.1 Å². The summed E-state index contributed by atoms with van der Waals surface area (Å²) in [7, 11) is 0. The number of aliphatic hydroxyl groups is 1. The molecule has 1 rings (SSSR count). The van der Waals surface area contributed by atoms with Crippen molar-refractivity contribution in [2.45, 2.75) is 40.2 Å². The van der Waals surface area contributed by atoms with Gasteiger partial charge in [-0.15, -0.1) is 0 Å². The Morgan fingerprint density at radius 3 is 2.43 bits per heavy atom. The predicted molar refractivity (Wildman–Crippen MR) is 57.9 cm³/mol. The van der Waals surface area contributed by atoms with E-state index in [9.17, 15) is 0 Å². The summed E-state index contributed by atoms with van der Waals surface area (Å²) < 4.78 is 0. The highest BCUT2D eigenvalue weighted by Gasteiger charge is 2.10. The van der Waals surface area contributed by atoms with Crippen molar-refractivity contribution in [2.24, 2.45) is 5.41 Å². The summed E-state index contributed by atoms with van der Waals surface area (Å²) >= 11 is 0. The molecule has 1 heterocycles. The van der Waals surface area contributed by atoms with Gasteiger partial charge in [-0.25, -0.2) is 0 Å². The van der Waals surface area contributed by atoms with E-state index in [2.05, 4.69) is 25.8 Å². The van der Waals surface area contributed by atoms with Crippen molar-refractivity contribution in [3.63, 3.8) is 0 Å². The first-order valence-corrected chi connectivity index (χ1v) is 5.07. The largest absolute Gasteiger partial charge is 0.390 e. The maximum Gasteiger partial charge on any atom is 0.0853 e. The van der Waals surface area contributed by atoms with Crippen LogP contribution < -0.4 is 0 Å². The van der Waals surface area contributed by atoms with Gasteiger partial charge in [0.25, 0.3) is 0 Å². The smallest absolute Gasteiger partial charge is 0.0853 e.